The number of nitrogens with one attached hydrogen (secondary N) is 1. The van der Waals surface area contributed by atoms with E-state index >= 15 is 0 Å². The number of esters is 1. The number of hydrogen-bond acceptors (Lipinski definition) is 5. The van der Waals surface area contributed by atoms with Crippen LogP contribution in [0.25, 0.3) is 10.9 Å². The summed E-state index contributed by atoms with van der Waals surface area (Å²) in [6.45, 7) is 5.89. The number of aromatic nitrogens is 2. The molecule has 0 aliphatic carbocycles. The number of benzene rings is 1. The molecule has 0 spiro atoms. The monoisotopic (exact) mass is 385 g/mol. The lowest BCUT2D eigenvalue weighted by Gasteiger charge is -2.17. The Morgan fingerprint density at radius 3 is 2.64 bits per heavy atom. The third-order valence-electron chi connectivity index (χ3n) is 4.89. The highest BCUT2D eigenvalue weighted by molar-refractivity contribution is 5.95. The molecule has 0 saturated carbocycles. The summed E-state index contributed by atoms with van der Waals surface area (Å²) >= 11 is 0. The Labute approximate surface area is 164 Å². The summed E-state index contributed by atoms with van der Waals surface area (Å²) < 4.78 is 7.03. The molecule has 1 aromatic carbocycles. The Kier molecular flexibility index (Phi) is 6.11. The zero-order valence-electron chi connectivity index (χ0n) is 16.7. The molecule has 1 N–H and O–H groups in total. The van der Waals surface area contributed by atoms with Crippen LogP contribution in [-0.2, 0) is 22.5 Å². The molecule has 7 heteroatoms. The number of rotatable bonds is 4. The van der Waals surface area contributed by atoms with E-state index in [2.05, 4.69) is 10.3 Å². The molecule has 1 atom stereocenters. The second kappa shape index (κ2) is 8.54. The van der Waals surface area contributed by atoms with Gasteiger partial charge in [-0.1, -0.05) is 12.8 Å². The summed E-state index contributed by atoms with van der Waals surface area (Å²) in [5, 5.41) is 3.20. The highest BCUT2D eigenvalue weighted by Crippen LogP contribution is 2.17. The van der Waals surface area contributed by atoms with E-state index < -0.39 is 12.1 Å². The predicted octanol–water partition coefficient (Wildman–Crippen LogP) is 2.58. The fourth-order valence-corrected chi connectivity index (χ4v) is 3.41. The van der Waals surface area contributed by atoms with E-state index in [0.29, 0.717) is 17.4 Å². The smallest absolute Gasteiger partial charge is 0.338 e. The lowest BCUT2D eigenvalue weighted by molar-refractivity contribution is -0.129. The van der Waals surface area contributed by atoms with Crippen molar-refractivity contribution in [1.29, 1.82) is 0 Å². The van der Waals surface area contributed by atoms with Gasteiger partial charge in [-0.3, -0.25) is 14.2 Å². The first-order valence-corrected chi connectivity index (χ1v) is 9.91. The Balaban J connectivity index is 1.87. The number of nitrogens with zero attached hydrogens (tertiary/aromatic N) is 2. The van der Waals surface area contributed by atoms with Gasteiger partial charge in [0.1, 0.15) is 5.82 Å². The maximum atomic E-state index is 12.8. The van der Waals surface area contributed by atoms with Crippen LogP contribution >= 0.6 is 0 Å². The topological polar surface area (TPSA) is 90.3 Å². The maximum Gasteiger partial charge on any atom is 0.338 e. The first kappa shape index (κ1) is 20.0. The highest BCUT2D eigenvalue weighted by Gasteiger charge is 2.20. The number of hydrogen-bond donors (Lipinski definition) is 1. The number of carbonyl (C=O) groups is 2. The van der Waals surface area contributed by atoms with Crippen LogP contribution in [0.15, 0.2) is 23.0 Å². The molecule has 1 aliphatic heterocycles. The van der Waals surface area contributed by atoms with Crippen molar-refractivity contribution in [2.24, 2.45) is 0 Å². The van der Waals surface area contributed by atoms with Crippen LogP contribution in [0.5, 0.6) is 0 Å². The van der Waals surface area contributed by atoms with E-state index in [1.807, 2.05) is 13.8 Å². The molecule has 1 unspecified atom stereocenters. The summed E-state index contributed by atoms with van der Waals surface area (Å²) in [6.07, 6.45) is 4.09. The van der Waals surface area contributed by atoms with E-state index in [1.165, 1.54) is 6.92 Å². The van der Waals surface area contributed by atoms with Crippen LogP contribution in [0.2, 0.25) is 0 Å². The first-order chi connectivity index (χ1) is 13.4. The molecule has 2 aromatic rings. The Morgan fingerprint density at radius 1 is 1.14 bits per heavy atom. The maximum absolute atomic E-state index is 12.8. The Morgan fingerprint density at radius 2 is 1.89 bits per heavy atom. The predicted molar refractivity (Wildman–Crippen MR) is 106 cm³/mol. The van der Waals surface area contributed by atoms with Crippen molar-refractivity contribution < 1.29 is 14.3 Å². The zero-order valence-corrected chi connectivity index (χ0v) is 16.7. The highest BCUT2D eigenvalue weighted by atomic mass is 16.5. The van der Waals surface area contributed by atoms with Crippen LogP contribution < -0.4 is 10.9 Å². The second-order valence-electron chi connectivity index (χ2n) is 7.59. The number of ether oxygens (including phenoxy) is 1. The van der Waals surface area contributed by atoms with E-state index in [-0.39, 0.29) is 23.1 Å². The summed E-state index contributed by atoms with van der Waals surface area (Å²) in [4.78, 5) is 41.9. The molecule has 2 heterocycles. The molecular formula is C21H27N3O4. The number of aryl methyl sites for hydroxylation is 1. The third-order valence-corrected chi connectivity index (χ3v) is 4.89. The molecule has 28 heavy (non-hydrogen) atoms. The molecule has 3 rings (SSSR count). The molecular weight excluding hydrogens is 358 g/mol. The minimum absolute atomic E-state index is 0.0362. The van der Waals surface area contributed by atoms with Crippen molar-refractivity contribution in [2.75, 3.05) is 0 Å². The van der Waals surface area contributed by atoms with E-state index in [1.54, 1.807) is 22.8 Å². The molecule has 0 saturated heterocycles. The SMILES string of the molecule is CC(C)NC(=O)C(C)OC(=O)c1ccc2c(=O)n3c(nc2c1)CCCCCC3. The van der Waals surface area contributed by atoms with Crippen molar-refractivity contribution in [3.8, 4) is 0 Å². The summed E-state index contributed by atoms with van der Waals surface area (Å²) in [7, 11) is 0. The van der Waals surface area contributed by atoms with Crippen LogP contribution in [0.1, 0.15) is 62.6 Å². The molecule has 0 fully saturated rings. The largest absolute Gasteiger partial charge is 0.449 e. The van der Waals surface area contributed by atoms with Crippen LogP contribution in [-0.4, -0.2) is 33.6 Å². The first-order valence-electron chi connectivity index (χ1n) is 9.91. The van der Waals surface area contributed by atoms with Crippen LogP contribution in [0, 0.1) is 0 Å². The Hall–Kier alpha value is -2.70. The van der Waals surface area contributed by atoms with E-state index in [0.717, 1.165) is 37.9 Å². The lowest BCUT2D eigenvalue weighted by Crippen LogP contribution is -2.39. The van der Waals surface area contributed by atoms with Gasteiger partial charge in [0.05, 0.1) is 16.5 Å². The molecule has 0 radical (unpaired) electrons. The molecule has 1 aliphatic rings. The molecule has 0 bridgehead atoms. The number of fused-ring (bicyclic) bond motifs is 2. The molecule has 150 valence electrons. The zero-order chi connectivity index (χ0) is 20.3. The van der Waals surface area contributed by atoms with Gasteiger partial charge in [0, 0.05) is 19.0 Å². The average Bonchev–Trinajstić information content (AvgIpc) is 2.62. The second-order valence-corrected chi connectivity index (χ2v) is 7.59. The van der Waals surface area contributed by atoms with Crippen molar-refractivity contribution in [1.82, 2.24) is 14.9 Å². The minimum Gasteiger partial charge on any atom is -0.449 e. The van der Waals surface area contributed by atoms with Gasteiger partial charge in [0.25, 0.3) is 11.5 Å². The average molecular weight is 385 g/mol. The molecule has 1 aromatic heterocycles. The van der Waals surface area contributed by atoms with Crippen LogP contribution in [0.3, 0.4) is 0 Å². The summed E-state index contributed by atoms with van der Waals surface area (Å²) in [5.74, 6) is -0.184. The molecule has 7 nitrogen and oxygen atoms in total. The minimum atomic E-state index is -0.903. The van der Waals surface area contributed by atoms with Crippen molar-refractivity contribution in [2.45, 2.75) is 71.6 Å². The quantitative estimate of drug-likeness (QED) is 0.817. The number of carbonyl (C=O) groups excluding carboxylic acids is 2. The van der Waals surface area contributed by atoms with Gasteiger partial charge in [-0.25, -0.2) is 9.78 Å². The van der Waals surface area contributed by atoms with Gasteiger partial charge in [-0.15, -0.1) is 0 Å². The van der Waals surface area contributed by atoms with Crippen molar-refractivity contribution in [3.63, 3.8) is 0 Å². The van der Waals surface area contributed by atoms with Gasteiger partial charge in [-0.05, 0) is 51.8 Å². The van der Waals surface area contributed by atoms with Gasteiger partial charge >= 0.3 is 5.97 Å². The van der Waals surface area contributed by atoms with Crippen molar-refractivity contribution in [3.05, 3.63) is 39.9 Å². The fraction of sp³-hybridized carbons (Fsp3) is 0.524. The summed E-state index contributed by atoms with van der Waals surface area (Å²) in [6, 6.07) is 4.71. The lowest BCUT2D eigenvalue weighted by atomic mass is 10.1. The molecule has 1 amide bonds. The summed E-state index contributed by atoms with van der Waals surface area (Å²) in [5.41, 5.74) is 0.705. The fourth-order valence-electron chi connectivity index (χ4n) is 3.41. The normalized spacial score (nSPS) is 15.4. The number of amides is 1. The standard InChI is InChI=1S/C21H27N3O4/c1-13(2)22-19(25)14(3)28-21(27)15-9-10-16-17(12-15)23-18-8-6-4-5-7-11-24(18)20(16)26/h9-10,12-14H,4-8,11H2,1-3H3,(H,22,25). The van der Waals surface area contributed by atoms with Gasteiger partial charge < -0.3 is 10.1 Å². The van der Waals surface area contributed by atoms with Gasteiger partial charge in [0.15, 0.2) is 6.10 Å². The van der Waals surface area contributed by atoms with Gasteiger partial charge in [0.2, 0.25) is 0 Å². The van der Waals surface area contributed by atoms with Crippen molar-refractivity contribution >= 4 is 22.8 Å². The van der Waals surface area contributed by atoms with E-state index in [4.69, 9.17) is 4.74 Å². The van der Waals surface area contributed by atoms with Gasteiger partial charge in [-0.2, -0.15) is 0 Å². The van der Waals surface area contributed by atoms with E-state index in [9.17, 15) is 14.4 Å². The third kappa shape index (κ3) is 4.40. The van der Waals surface area contributed by atoms with Crippen LogP contribution in [0.4, 0.5) is 0 Å². The Bertz CT molecular complexity index is 949.